The van der Waals surface area contributed by atoms with Gasteiger partial charge >= 0.3 is 0 Å². The summed E-state index contributed by atoms with van der Waals surface area (Å²) in [7, 11) is 1.68. The molecule has 2 aliphatic heterocycles. The van der Waals surface area contributed by atoms with E-state index in [2.05, 4.69) is 18.3 Å². The number of carbonyl (C=O) groups excluding carboxylic acids is 1. The number of rotatable bonds is 1. The molecule has 1 spiro atoms. The monoisotopic (exact) mass is 299 g/mol. The Hall–Kier alpha value is -1.55. The maximum Gasteiger partial charge on any atom is 0.177 e. The Kier molecular flexibility index (Phi) is 2.38. The van der Waals surface area contributed by atoms with Crippen LogP contribution >= 0.6 is 0 Å². The van der Waals surface area contributed by atoms with Crippen molar-refractivity contribution in [2.45, 2.75) is 43.7 Å². The Morgan fingerprint density at radius 3 is 3.09 bits per heavy atom. The fourth-order valence-electron chi connectivity index (χ4n) is 5.60. The Labute approximate surface area is 130 Å². The molecule has 2 bridgehead atoms. The zero-order chi connectivity index (χ0) is 15.1. The highest BCUT2D eigenvalue weighted by Crippen LogP contribution is 2.62. The van der Waals surface area contributed by atoms with Crippen LogP contribution in [0.25, 0.3) is 0 Å². The topological polar surface area (TPSA) is 47.6 Å². The fourth-order valence-corrected chi connectivity index (χ4v) is 5.60. The molecule has 1 saturated carbocycles. The lowest BCUT2D eigenvalue weighted by molar-refractivity contribution is -0.140. The van der Waals surface area contributed by atoms with Gasteiger partial charge in [-0.05, 0) is 43.4 Å². The summed E-state index contributed by atoms with van der Waals surface area (Å²) >= 11 is 0. The van der Waals surface area contributed by atoms with Crippen LogP contribution in [0.1, 0.15) is 30.9 Å². The van der Waals surface area contributed by atoms with E-state index in [-0.39, 0.29) is 23.2 Å². The molecule has 4 aliphatic rings. The number of nitrogens with one attached hydrogen (secondary N) is 1. The van der Waals surface area contributed by atoms with Gasteiger partial charge < -0.3 is 14.8 Å². The van der Waals surface area contributed by atoms with E-state index in [0.717, 1.165) is 37.3 Å². The molecule has 0 amide bonds. The van der Waals surface area contributed by atoms with Gasteiger partial charge in [-0.2, -0.15) is 0 Å². The molecule has 1 saturated heterocycles. The molecule has 1 aromatic rings. The molecule has 2 unspecified atom stereocenters. The van der Waals surface area contributed by atoms with Crippen molar-refractivity contribution >= 4 is 5.78 Å². The van der Waals surface area contributed by atoms with Crippen LogP contribution in [0.3, 0.4) is 0 Å². The second-order valence-corrected chi connectivity index (χ2v) is 7.33. The van der Waals surface area contributed by atoms with E-state index in [1.165, 1.54) is 11.1 Å². The molecule has 116 valence electrons. The van der Waals surface area contributed by atoms with E-state index < -0.39 is 0 Å². The smallest absolute Gasteiger partial charge is 0.177 e. The van der Waals surface area contributed by atoms with Crippen molar-refractivity contribution in [1.82, 2.24) is 5.32 Å². The van der Waals surface area contributed by atoms with Gasteiger partial charge in [0, 0.05) is 22.9 Å². The summed E-state index contributed by atoms with van der Waals surface area (Å²) in [6.07, 6.45) is 2.70. The third-order valence-corrected chi connectivity index (χ3v) is 6.48. The average molecular weight is 299 g/mol. The maximum absolute atomic E-state index is 12.9. The molecule has 2 heterocycles. The third-order valence-electron chi connectivity index (χ3n) is 6.48. The SMILES string of the molecule is COc1ccc2c3c1OC1C(=O)C(C)C[C@H]4[C@@H](C2)NCC[C@]314. The standard InChI is InChI=1S/C18H21NO3/c1-9-7-11-12-8-10-3-4-13(21-2)16-14(10)18(11,5-6-19-12)17(22-16)15(9)20/h3-4,9,11-12,17,19H,5-8H2,1-2H3/t9?,11-,12+,17?,18-/m0/s1. The van der Waals surface area contributed by atoms with Gasteiger partial charge in [0.25, 0.3) is 0 Å². The van der Waals surface area contributed by atoms with Crippen molar-refractivity contribution < 1.29 is 14.3 Å². The Morgan fingerprint density at radius 1 is 1.41 bits per heavy atom. The van der Waals surface area contributed by atoms with E-state index in [1.54, 1.807) is 7.11 Å². The average Bonchev–Trinajstić information content (AvgIpc) is 2.85. The van der Waals surface area contributed by atoms with E-state index in [0.29, 0.717) is 12.0 Å². The van der Waals surface area contributed by atoms with E-state index >= 15 is 0 Å². The van der Waals surface area contributed by atoms with Gasteiger partial charge in [0.2, 0.25) is 0 Å². The highest BCUT2D eigenvalue weighted by atomic mass is 16.5. The van der Waals surface area contributed by atoms with Crippen LogP contribution in [0.5, 0.6) is 11.5 Å². The quantitative estimate of drug-likeness (QED) is 0.859. The highest BCUT2D eigenvalue weighted by molar-refractivity contribution is 5.90. The third kappa shape index (κ3) is 1.27. The van der Waals surface area contributed by atoms with Crippen molar-refractivity contribution in [2.75, 3.05) is 13.7 Å². The minimum Gasteiger partial charge on any atom is -0.493 e. The predicted molar refractivity (Wildman–Crippen MR) is 81.5 cm³/mol. The van der Waals surface area contributed by atoms with Crippen molar-refractivity contribution in [3.8, 4) is 11.5 Å². The first-order chi connectivity index (χ1) is 10.7. The van der Waals surface area contributed by atoms with Crippen LogP contribution in [-0.4, -0.2) is 31.6 Å². The number of ether oxygens (including phenoxy) is 2. The number of benzene rings is 1. The van der Waals surface area contributed by atoms with Crippen LogP contribution in [0.4, 0.5) is 0 Å². The molecule has 2 fully saturated rings. The van der Waals surface area contributed by atoms with Gasteiger partial charge in [0.1, 0.15) is 0 Å². The van der Waals surface area contributed by atoms with Crippen LogP contribution in [-0.2, 0) is 16.6 Å². The van der Waals surface area contributed by atoms with Gasteiger partial charge in [-0.15, -0.1) is 0 Å². The number of ketones is 1. The summed E-state index contributed by atoms with van der Waals surface area (Å²) in [5, 5.41) is 3.69. The Bertz CT molecular complexity index is 685. The van der Waals surface area contributed by atoms with Gasteiger partial charge in [0.05, 0.1) is 7.11 Å². The Morgan fingerprint density at radius 2 is 2.27 bits per heavy atom. The summed E-state index contributed by atoms with van der Waals surface area (Å²) in [5.74, 6) is 2.49. The molecule has 1 N–H and O–H groups in total. The summed E-state index contributed by atoms with van der Waals surface area (Å²) in [4.78, 5) is 12.9. The summed E-state index contributed by atoms with van der Waals surface area (Å²) < 4.78 is 11.8. The second-order valence-electron chi connectivity index (χ2n) is 7.33. The van der Waals surface area contributed by atoms with E-state index in [9.17, 15) is 4.79 Å². The van der Waals surface area contributed by atoms with Crippen molar-refractivity contribution in [1.29, 1.82) is 0 Å². The van der Waals surface area contributed by atoms with Crippen molar-refractivity contribution in [3.05, 3.63) is 23.3 Å². The van der Waals surface area contributed by atoms with Crippen molar-refractivity contribution in [3.63, 3.8) is 0 Å². The largest absolute Gasteiger partial charge is 0.493 e. The summed E-state index contributed by atoms with van der Waals surface area (Å²) in [5.41, 5.74) is 2.52. The minimum atomic E-state index is -0.309. The fraction of sp³-hybridized carbons (Fsp3) is 0.611. The zero-order valence-electron chi connectivity index (χ0n) is 13.0. The maximum atomic E-state index is 12.9. The van der Waals surface area contributed by atoms with Gasteiger partial charge in [-0.1, -0.05) is 13.0 Å². The van der Waals surface area contributed by atoms with E-state index in [1.807, 2.05) is 6.07 Å². The van der Waals surface area contributed by atoms with Crippen LogP contribution in [0.15, 0.2) is 12.1 Å². The molecule has 5 atom stereocenters. The van der Waals surface area contributed by atoms with Gasteiger partial charge in [0.15, 0.2) is 23.4 Å². The molecule has 4 nitrogen and oxygen atoms in total. The molecule has 0 aromatic heterocycles. The molecule has 4 heteroatoms. The van der Waals surface area contributed by atoms with Crippen LogP contribution in [0.2, 0.25) is 0 Å². The minimum absolute atomic E-state index is 0.0902. The van der Waals surface area contributed by atoms with Gasteiger partial charge in [-0.3, -0.25) is 4.79 Å². The molecule has 2 aliphatic carbocycles. The first-order valence-corrected chi connectivity index (χ1v) is 8.31. The summed E-state index contributed by atoms with van der Waals surface area (Å²) in [6, 6.07) is 4.64. The number of Topliss-reactive ketones (excluding diaryl/α,β-unsaturated/α-hetero) is 1. The lowest BCUT2D eigenvalue weighted by Gasteiger charge is -2.55. The number of hydrogen-bond donors (Lipinski definition) is 1. The normalized spacial score (nSPS) is 40.9. The molecular weight excluding hydrogens is 278 g/mol. The number of methoxy groups -OCH3 is 1. The van der Waals surface area contributed by atoms with Crippen molar-refractivity contribution in [2.24, 2.45) is 11.8 Å². The molecule has 0 radical (unpaired) electrons. The molecule has 5 rings (SSSR count). The first-order valence-electron chi connectivity index (χ1n) is 8.31. The molecule has 1 aromatic carbocycles. The first kappa shape index (κ1) is 12.9. The molecule has 22 heavy (non-hydrogen) atoms. The van der Waals surface area contributed by atoms with Crippen LogP contribution < -0.4 is 14.8 Å². The number of hydrogen-bond acceptors (Lipinski definition) is 4. The predicted octanol–water partition coefficient (Wildman–Crippen LogP) is 1.84. The van der Waals surface area contributed by atoms with Gasteiger partial charge in [-0.25, -0.2) is 0 Å². The Balaban J connectivity index is 1.81. The zero-order valence-corrected chi connectivity index (χ0v) is 13.0. The number of piperidine rings is 1. The lowest BCUT2D eigenvalue weighted by Crippen LogP contribution is -2.66. The second kappa shape index (κ2) is 4.05. The van der Waals surface area contributed by atoms with Crippen LogP contribution in [0, 0.1) is 11.8 Å². The molecular formula is C18H21NO3. The lowest BCUT2D eigenvalue weighted by atomic mass is 9.50. The summed E-state index contributed by atoms with van der Waals surface area (Å²) in [6.45, 7) is 3.03. The van der Waals surface area contributed by atoms with E-state index in [4.69, 9.17) is 9.47 Å². The number of carbonyl (C=O) groups is 1. The highest BCUT2D eigenvalue weighted by Gasteiger charge is 2.65.